The molecule has 2 aromatic carbocycles. The van der Waals surface area contributed by atoms with Crippen LogP contribution in [0.15, 0.2) is 36.4 Å². The summed E-state index contributed by atoms with van der Waals surface area (Å²) >= 11 is 0. The molecule has 0 bridgehead atoms. The highest BCUT2D eigenvalue weighted by Gasteiger charge is 2.20. The van der Waals surface area contributed by atoms with Gasteiger partial charge in [0.1, 0.15) is 11.3 Å². The maximum absolute atomic E-state index is 11.7. The first-order valence-electron chi connectivity index (χ1n) is 5.69. The van der Waals surface area contributed by atoms with Gasteiger partial charge in [-0.2, -0.15) is 0 Å². The number of phenolic OH excluding ortho intramolecular Hbond substituents is 4. The minimum Gasteiger partial charge on any atom is -0.507 e. The molecule has 0 saturated carbocycles. The maximum Gasteiger partial charge on any atom is 0.349 e. The molecule has 0 aromatic heterocycles. The highest BCUT2D eigenvalue weighted by Crippen LogP contribution is 2.35. The van der Waals surface area contributed by atoms with E-state index in [0.29, 0.717) is 0 Å². The zero-order valence-corrected chi connectivity index (χ0v) is 10.5. The molecule has 108 valence electrons. The second kappa shape index (κ2) is 5.41. The molecule has 0 spiro atoms. The molecule has 0 heterocycles. The molecule has 0 saturated heterocycles. The van der Waals surface area contributed by atoms with Gasteiger partial charge in [0.25, 0.3) is 0 Å². The van der Waals surface area contributed by atoms with Gasteiger partial charge in [-0.1, -0.05) is 12.1 Å². The number of para-hydroxylation sites is 1. The number of rotatable bonds is 2. The topological polar surface area (TPSA) is 124 Å². The third kappa shape index (κ3) is 2.86. The summed E-state index contributed by atoms with van der Waals surface area (Å²) in [6.45, 7) is 0. The summed E-state index contributed by atoms with van der Waals surface area (Å²) in [5.41, 5.74) is -0.551. The van der Waals surface area contributed by atoms with E-state index >= 15 is 0 Å². The second-order valence-electron chi connectivity index (χ2n) is 4.06. The van der Waals surface area contributed by atoms with Crippen molar-refractivity contribution in [1.82, 2.24) is 0 Å². The smallest absolute Gasteiger partial charge is 0.349 e. The minimum atomic E-state index is -1.16. The van der Waals surface area contributed by atoms with Crippen LogP contribution in [0.2, 0.25) is 0 Å². The van der Waals surface area contributed by atoms with Crippen molar-refractivity contribution in [3.05, 3.63) is 47.5 Å². The van der Waals surface area contributed by atoms with Crippen LogP contribution in [0.1, 0.15) is 20.7 Å². The fourth-order valence-corrected chi connectivity index (χ4v) is 1.57. The van der Waals surface area contributed by atoms with Crippen LogP contribution in [-0.2, 0) is 4.74 Å². The molecule has 0 radical (unpaired) electrons. The lowest BCUT2D eigenvalue weighted by Crippen LogP contribution is -2.13. The standard InChI is InChI=1S/C14H10O7/c15-9-4-2-1-3-8(9)14(20)21-13(19)7-5-10(16)12(18)11(17)6-7/h1-6,15-18H. The van der Waals surface area contributed by atoms with E-state index in [0.717, 1.165) is 12.1 Å². The van der Waals surface area contributed by atoms with Crippen molar-refractivity contribution in [3.8, 4) is 23.0 Å². The van der Waals surface area contributed by atoms with Crippen molar-refractivity contribution in [2.75, 3.05) is 0 Å². The molecule has 21 heavy (non-hydrogen) atoms. The third-order valence-corrected chi connectivity index (χ3v) is 2.61. The van der Waals surface area contributed by atoms with Gasteiger partial charge in [-0.25, -0.2) is 9.59 Å². The van der Waals surface area contributed by atoms with Crippen LogP contribution >= 0.6 is 0 Å². The number of benzene rings is 2. The summed E-state index contributed by atoms with van der Waals surface area (Å²) in [4.78, 5) is 23.4. The van der Waals surface area contributed by atoms with Gasteiger partial charge in [0, 0.05) is 0 Å². The maximum atomic E-state index is 11.7. The van der Waals surface area contributed by atoms with Crippen LogP contribution in [0.25, 0.3) is 0 Å². The first-order valence-corrected chi connectivity index (χ1v) is 5.69. The van der Waals surface area contributed by atoms with Crippen molar-refractivity contribution < 1.29 is 34.8 Å². The molecule has 0 aliphatic carbocycles. The summed E-state index contributed by atoms with van der Waals surface area (Å²) < 4.78 is 4.51. The van der Waals surface area contributed by atoms with Crippen LogP contribution in [0.4, 0.5) is 0 Å². The molecule has 0 aliphatic rings. The summed E-state index contributed by atoms with van der Waals surface area (Å²) in [6, 6.07) is 7.13. The Morgan fingerprint density at radius 3 is 1.95 bits per heavy atom. The highest BCUT2D eigenvalue weighted by atomic mass is 16.6. The van der Waals surface area contributed by atoms with Gasteiger partial charge in [-0.05, 0) is 24.3 Å². The number of ether oxygens (including phenoxy) is 1. The Morgan fingerprint density at radius 1 is 0.810 bits per heavy atom. The van der Waals surface area contributed by atoms with E-state index in [1.54, 1.807) is 0 Å². The molecule has 0 amide bonds. The van der Waals surface area contributed by atoms with Gasteiger partial charge >= 0.3 is 11.9 Å². The van der Waals surface area contributed by atoms with Crippen molar-refractivity contribution in [2.45, 2.75) is 0 Å². The fourth-order valence-electron chi connectivity index (χ4n) is 1.57. The lowest BCUT2D eigenvalue weighted by Gasteiger charge is -2.06. The zero-order valence-electron chi connectivity index (χ0n) is 10.5. The lowest BCUT2D eigenvalue weighted by molar-refractivity contribution is 0.0395. The number of aromatic hydroxyl groups is 4. The molecule has 4 N–H and O–H groups in total. The normalized spacial score (nSPS) is 10.1. The van der Waals surface area contributed by atoms with Crippen molar-refractivity contribution in [2.24, 2.45) is 0 Å². The van der Waals surface area contributed by atoms with E-state index in [-0.39, 0.29) is 16.9 Å². The van der Waals surface area contributed by atoms with E-state index in [4.69, 9.17) is 5.11 Å². The fraction of sp³-hybridized carbons (Fsp3) is 0. The monoisotopic (exact) mass is 290 g/mol. The molecular formula is C14H10O7. The first-order chi connectivity index (χ1) is 9.90. The van der Waals surface area contributed by atoms with Gasteiger partial charge in [0.2, 0.25) is 0 Å². The van der Waals surface area contributed by atoms with E-state index < -0.39 is 29.2 Å². The van der Waals surface area contributed by atoms with E-state index in [9.17, 15) is 24.9 Å². The van der Waals surface area contributed by atoms with Crippen molar-refractivity contribution >= 4 is 11.9 Å². The number of esters is 2. The van der Waals surface area contributed by atoms with E-state index in [1.165, 1.54) is 24.3 Å². The molecular weight excluding hydrogens is 280 g/mol. The number of carbonyl (C=O) groups excluding carboxylic acids is 2. The largest absolute Gasteiger partial charge is 0.507 e. The minimum absolute atomic E-state index is 0.210. The Bertz CT molecular complexity index is 698. The number of carbonyl (C=O) groups is 2. The molecule has 0 atom stereocenters. The molecule has 2 rings (SSSR count). The van der Waals surface area contributed by atoms with Crippen LogP contribution < -0.4 is 0 Å². The van der Waals surface area contributed by atoms with Gasteiger partial charge in [0.05, 0.1) is 5.56 Å². The van der Waals surface area contributed by atoms with Crippen LogP contribution in [-0.4, -0.2) is 32.4 Å². The average Bonchev–Trinajstić information content (AvgIpc) is 2.44. The summed E-state index contributed by atoms with van der Waals surface area (Å²) in [5, 5.41) is 37.2. The molecule has 7 nitrogen and oxygen atoms in total. The second-order valence-corrected chi connectivity index (χ2v) is 4.06. The number of phenols is 4. The quantitative estimate of drug-likeness (QED) is 0.375. The predicted octanol–water partition coefficient (Wildman–Crippen LogP) is 1.51. The Morgan fingerprint density at radius 2 is 1.38 bits per heavy atom. The van der Waals surface area contributed by atoms with Crippen molar-refractivity contribution in [1.29, 1.82) is 0 Å². The molecule has 2 aromatic rings. The third-order valence-electron chi connectivity index (χ3n) is 2.61. The van der Waals surface area contributed by atoms with Crippen LogP contribution in [0.3, 0.4) is 0 Å². The van der Waals surface area contributed by atoms with Gasteiger partial charge < -0.3 is 25.2 Å². The van der Waals surface area contributed by atoms with E-state index in [2.05, 4.69) is 4.74 Å². The summed E-state index contributed by atoms with van der Waals surface area (Å²) in [5.74, 6) is -4.88. The molecule has 0 aliphatic heterocycles. The molecule has 0 fully saturated rings. The Hall–Kier alpha value is -3.22. The Labute approximate surface area is 118 Å². The van der Waals surface area contributed by atoms with Gasteiger partial charge in [-0.15, -0.1) is 0 Å². The summed E-state index contributed by atoms with van der Waals surface area (Å²) in [6.07, 6.45) is 0. The SMILES string of the molecule is O=C(OC(=O)c1ccccc1O)c1cc(O)c(O)c(O)c1. The van der Waals surface area contributed by atoms with Gasteiger partial charge in [-0.3, -0.25) is 0 Å². The predicted molar refractivity (Wildman–Crippen MR) is 69.3 cm³/mol. The molecule has 0 unspecified atom stereocenters. The number of hydrogen-bond acceptors (Lipinski definition) is 7. The van der Waals surface area contributed by atoms with E-state index in [1.807, 2.05) is 0 Å². The Balaban J connectivity index is 2.23. The highest BCUT2D eigenvalue weighted by molar-refractivity contribution is 6.04. The number of hydrogen-bond donors (Lipinski definition) is 4. The Kier molecular flexibility index (Phi) is 3.66. The summed E-state index contributed by atoms with van der Waals surface area (Å²) in [7, 11) is 0. The zero-order chi connectivity index (χ0) is 15.6. The lowest BCUT2D eigenvalue weighted by atomic mass is 10.2. The van der Waals surface area contributed by atoms with Crippen molar-refractivity contribution in [3.63, 3.8) is 0 Å². The van der Waals surface area contributed by atoms with Crippen LogP contribution in [0.5, 0.6) is 23.0 Å². The first kappa shape index (κ1) is 14.2. The van der Waals surface area contributed by atoms with Gasteiger partial charge in [0.15, 0.2) is 17.2 Å². The molecule has 7 heteroatoms. The average molecular weight is 290 g/mol. The van der Waals surface area contributed by atoms with Crippen LogP contribution in [0, 0.1) is 0 Å².